The Hall–Kier alpha value is -2.40. The molecular weight excluding hydrogens is 409 g/mol. The first-order valence-corrected chi connectivity index (χ1v) is 14.2. The van der Waals surface area contributed by atoms with Crippen molar-refractivity contribution in [2.24, 2.45) is 0 Å². The van der Waals surface area contributed by atoms with E-state index in [0.29, 0.717) is 35.2 Å². The molecule has 0 spiro atoms. The Morgan fingerprint density at radius 3 is 2.71 bits per heavy atom. The lowest BCUT2D eigenvalue weighted by Gasteiger charge is -2.15. The number of fused-ring (bicyclic) bond motifs is 1. The number of hydrogen-bond donors (Lipinski definition) is 1. The molecule has 5 nitrogen and oxygen atoms in total. The zero-order valence-electron chi connectivity index (χ0n) is 21.1. The van der Waals surface area contributed by atoms with E-state index < -0.39 is 19.5 Å². The number of aromatic nitrogens is 3. The maximum Gasteiger partial charge on any atom is 0.140 e. The standard InChI is InChI=1S/C24H32FN3O2Si/c1-7-27-16-21(19-14-26-28(15-19)17-30-10-11-31(4,5)6)20-12-18(8-9-24(2,3)29)22(25)13-23(20)27/h12-16,29H,7,10-11,17H2,1-6H3/i14D,15D. The lowest BCUT2D eigenvalue weighted by Crippen LogP contribution is -2.22. The van der Waals surface area contributed by atoms with E-state index in [9.17, 15) is 9.50 Å². The van der Waals surface area contributed by atoms with Crippen molar-refractivity contribution in [3.8, 4) is 23.0 Å². The van der Waals surface area contributed by atoms with E-state index >= 15 is 0 Å². The first-order chi connectivity index (χ1) is 15.3. The minimum Gasteiger partial charge on any atom is -0.378 e. The third-order valence-corrected chi connectivity index (χ3v) is 6.52. The predicted octanol–water partition coefficient (Wildman–Crippen LogP) is 5.10. The van der Waals surface area contributed by atoms with Crippen LogP contribution in [-0.4, -0.2) is 39.7 Å². The topological polar surface area (TPSA) is 52.2 Å². The Kier molecular flexibility index (Phi) is 5.94. The smallest absolute Gasteiger partial charge is 0.140 e. The maximum atomic E-state index is 14.7. The van der Waals surface area contributed by atoms with Gasteiger partial charge in [0, 0.05) is 50.1 Å². The molecule has 2 heterocycles. The first-order valence-electron chi connectivity index (χ1n) is 11.5. The summed E-state index contributed by atoms with van der Waals surface area (Å²) in [5.41, 5.74) is 0.547. The lowest BCUT2D eigenvalue weighted by atomic mass is 10.0. The van der Waals surface area contributed by atoms with Gasteiger partial charge in [0.2, 0.25) is 0 Å². The van der Waals surface area contributed by atoms with Crippen molar-refractivity contribution in [1.82, 2.24) is 14.3 Å². The van der Waals surface area contributed by atoms with Crippen LogP contribution in [0.5, 0.6) is 0 Å². The second-order valence-corrected chi connectivity index (χ2v) is 15.1. The van der Waals surface area contributed by atoms with Crippen LogP contribution in [0.3, 0.4) is 0 Å². The van der Waals surface area contributed by atoms with Crippen LogP contribution in [0.25, 0.3) is 22.0 Å². The molecule has 7 heteroatoms. The molecule has 0 saturated heterocycles. The van der Waals surface area contributed by atoms with Gasteiger partial charge in [-0.2, -0.15) is 5.10 Å². The molecule has 0 atom stereocenters. The monoisotopic (exact) mass is 443 g/mol. The van der Waals surface area contributed by atoms with Crippen molar-refractivity contribution >= 4 is 19.0 Å². The number of halogens is 1. The fraction of sp³-hybridized carbons (Fsp3) is 0.458. The van der Waals surface area contributed by atoms with Crippen molar-refractivity contribution in [1.29, 1.82) is 0 Å². The summed E-state index contributed by atoms with van der Waals surface area (Å²) in [5, 5.41) is 14.8. The van der Waals surface area contributed by atoms with E-state index in [0.717, 1.165) is 6.04 Å². The number of aliphatic hydroxyl groups is 1. The van der Waals surface area contributed by atoms with E-state index in [-0.39, 0.29) is 24.6 Å². The summed E-state index contributed by atoms with van der Waals surface area (Å²) in [6, 6.07) is 4.03. The molecule has 1 aromatic carbocycles. The van der Waals surface area contributed by atoms with Gasteiger partial charge in [0.15, 0.2) is 0 Å². The van der Waals surface area contributed by atoms with Gasteiger partial charge >= 0.3 is 0 Å². The van der Waals surface area contributed by atoms with E-state index in [1.807, 2.05) is 17.7 Å². The molecule has 0 aliphatic heterocycles. The number of aryl methyl sites for hydroxylation is 1. The Balaban J connectivity index is 2.04. The van der Waals surface area contributed by atoms with Gasteiger partial charge in [-0.15, -0.1) is 0 Å². The molecule has 0 saturated carbocycles. The second-order valence-electron chi connectivity index (χ2n) is 9.43. The number of benzene rings is 1. The third-order valence-electron chi connectivity index (χ3n) is 4.82. The molecule has 0 fully saturated rings. The minimum atomic E-state index is -1.25. The molecule has 0 bridgehead atoms. The molecule has 0 aliphatic rings. The number of ether oxygens (including phenoxy) is 1. The quantitative estimate of drug-likeness (QED) is 0.314. The van der Waals surface area contributed by atoms with Gasteiger partial charge in [-0.05, 0) is 38.9 Å². The van der Waals surface area contributed by atoms with E-state index in [4.69, 9.17) is 7.48 Å². The molecule has 3 rings (SSSR count). The maximum absolute atomic E-state index is 14.7. The highest BCUT2D eigenvalue weighted by Gasteiger charge is 2.16. The van der Waals surface area contributed by atoms with E-state index in [2.05, 4.69) is 36.6 Å². The molecule has 31 heavy (non-hydrogen) atoms. The van der Waals surface area contributed by atoms with Crippen LogP contribution in [-0.2, 0) is 18.0 Å². The van der Waals surface area contributed by atoms with Crippen LogP contribution in [0.2, 0.25) is 25.7 Å². The molecule has 1 N–H and O–H groups in total. The Morgan fingerprint density at radius 1 is 1.32 bits per heavy atom. The van der Waals surface area contributed by atoms with E-state index in [1.54, 1.807) is 6.07 Å². The second kappa shape index (κ2) is 8.99. The molecule has 0 radical (unpaired) electrons. The van der Waals surface area contributed by atoms with Crippen molar-refractivity contribution < 1.29 is 17.0 Å². The Morgan fingerprint density at radius 2 is 2.06 bits per heavy atom. The van der Waals surface area contributed by atoms with Gasteiger partial charge in [-0.1, -0.05) is 31.5 Å². The van der Waals surface area contributed by atoms with Crippen LogP contribution in [0.4, 0.5) is 4.39 Å². The fourth-order valence-electron chi connectivity index (χ4n) is 3.09. The molecule has 2 aromatic heterocycles. The van der Waals surface area contributed by atoms with Gasteiger partial charge in [-0.3, -0.25) is 0 Å². The largest absolute Gasteiger partial charge is 0.378 e. The van der Waals surface area contributed by atoms with Crippen LogP contribution in [0.1, 0.15) is 29.1 Å². The average Bonchev–Trinajstić information content (AvgIpc) is 3.17. The Labute approximate surface area is 187 Å². The van der Waals surface area contributed by atoms with Crippen molar-refractivity contribution in [2.75, 3.05) is 6.61 Å². The normalized spacial score (nSPS) is 13.2. The van der Waals surface area contributed by atoms with E-state index in [1.165, 1.54) is 24.6 Å². The average molecular weight is 444 g/mol. The number of nitrogens with zero attached hydrogens (tertiary/aromatic N) is 3. The summed E-state index contributed by atoms with van der Waals surface area (Å²) in [7, 11) is -1.23. The Bertz CT molecular complexity index is 1230. The molecule has 0 aliphatic carbocycles. The summed E-state index contributed by atoms with van der Waals surface area (Å²) >= 11 is 0. The first kappa shape index (κ1) is 20.5. The number of rotatable bonds is 7. The fourth-order valence-corrected chi connectivity index (χ4v) is 3.85. The van der Waals surface area contributed by atoms with Crippen LogP contribution < -0.4 is 0 Å². The SMILES string of the molecule is [2H]c1nn(COCC[Si](C)(C)C)c([2H])c1-c1cn(CC)c2cc(F)c(C#CC(C)(C)O)cc12. The van der Waals surface area contributed by atoms with Gasteiger partial charge in [0.25, 0.3) is 0 Å². The minimum absolute atomic E-state index is 0.0302. The summed E-state index contributed by atoms with van der Waals surface area (Å²) in [6.45, 7) is 13.1. The lowest BCUT2D eigenvalue weighted by molar-refractivity contribution is 0.0786. The van der Waals surface area contributed by atoms with Crippen molar-refractivity contribution in [2.45, 2.75) is 65.3 Å². The summed E-state index contributed by atoms with van der Waals surface area (Å²) in [6.07, 6.45) is 1.87. The molecule has 0 amide bonds. The van der Waals surface area contributed by atoms with Crippen LogP contribution >= 0.6 is 0 Å². The highest BCUT2D eigenvalue weighted by molar-refractivity contribution is 6.76. The molecule has 3 aromatic rings. The summed E-state index contributed by atoms with van der Waals surface area (Å²) in [5.74, 6) is 4.88. The van der Waals surface area contributed by atoms with Gasteiger partial charge in [-0.25, -0.2) is 9.07 Å². The van der Waals surface area contributed by atoms with Crippen LogP contribution in [0, 0.1) is 17.7 Å². The predicted molar refractivity (Wildman–Crippen MR) is 126 cm³/mol. The summed E-state index contributed by atoms with van der Waals surface area (Å²) < 4.78 is 40.8. The van der Waals surface area contributed by atoms with Crippen molar-refractivity contribution in [3.05, 3.63) is 42.1 Å². The molecular formula is C24H32FN3O2Si. The highest BCUT2D eigenvalue weighted by atomic mass is 28.3. The zero-order chi connectivity index (χ0) is 24.6. The molecule has 0 unspecified atom stereocenters. The van der Waals surface area contributed by atoms with Gasteiger partial charge in [0.05, 0.1) is 20.0 Å². The summed E-state index contributed by atoms with van der Waals surface area (Å²) in [4.78, 5) is 0. The highest BCUT2D eigenvalue weighted by Crippen LogP contribution is 2.32. The molecule has 166 valence electrons. The third kappa shape index (κ3) is 6.07. The van der Waals surface area contributed by atoms with Gasteiger partial charge in [0.1, 0.15) is 18.1 Å². The van der Waals surface area contributed by atoms with Crippen LogP contribution in [0.15, 0.2) is 30.7 Å². The number of hydrogen-bond acceptors (Lipinski definition) is 3. The van der Waals surface area contributed by atoms with Crippen molar-refractivity contribution in [3.63, 3.8) is 0 Å². The zero-order valence-corrected chi connectivity index (χ0v) is 20.1. The van der Waals surface area contributed by atoms with Gasteiger partial charge < -0.3 is 14.4 Å².